The lowest BCUT2D eigenvalue weighted by atomic mass is 9.99. The molecule has 2 atom stereocenters. The van der Waals surface area contributed by atoms with E-state index in [1.807, 2.05) is 7.05 Å². The van der Waals surface area contributed by atoms with Crippen LogP contribution < -0.4 is 10.6 Å². The summed E-state index contributed by atoms with van der Waals surface area (Å²) in [5.41, 5.74) is 2.72. The molecule has 0 amide bonds. The minimum Gasteiger partial charge on any atom is -0.379 e. The molecule has 3 rings (SSSR count). The molecular formula is C23H39N5O. The maximum atomic E-state index is 5.48. The number of nitrogens with one attached hydrogen (secondary N) is 2. The minimum absolute atomic E-state index is 0.518. The largest absolute Gasteiger partial charge is 0.379 e. The summed E-state index contributed by atoms with van der Waals surface area (Å²) in [7, 11) is 1.85. The van der Waals surface area contributed by atoms with Gasteiger partial charge in [0.25, 0.3) is 0 Å². The fourth-order valence-corrected chi connectivity index (χ4v) is 4.28. The van der Waals surface area contributed by atoms with Crippen molar-refractivity contribution in [2.45, 2.75) is 45.8 Å². The van der Waals surface area contributed by atoms with E-state index in [9.17, 15) is 0 Å². The Morgan fingerprint density at radius 3 is 2.66 bits per heavy atom. The van der Waals surface area contributed by atoms with Gasteiger partial charge in [0.1, 0.15) is 0 Å². The monoisotopic (exact) mass is 401 g/mol. The second kappa shape index (κ2) is 11.5. The van der Waals surface area contributed by atoms with Gasteiger partial charge in [0, 0.05) is 52.4 Å². The van der Waals surface area contributed by atoms with E-state index in [2.05, 4.69) is 63.5 Å². The van der Waals surface area contributed by atoms with Crippen molar-refractivity contribution in [3.63, 3.8) is 0 Å². The van der Waals surface area contributed by atoms with Crippen molar-refractivity contribution in [1.29, 1.82) is 0 Å². The molecule has 0 radical (unpaired) electrons. The van der Waals surface area contributed by atoms with E-state index in [0.29, 0.717) is 6.04 Å². The van der Waals surface area contributed by atoms with Crippen LogP contribution in [-0.2, 0) is 17.8 Å². The van der Waals surface area contributed by atoms with Crippen LogP contribution >= 0.6 is 0 Å². The van der Waals surface area contributed by atoms with Crippen molar-refractivity contribution in [1.82, 2.24) is 20.4 Å². The SMILES string of the molecule is CN=C(NCc1ccccc1CN1CCOCC1)NCC(C)N1CCCC(C)C1. The number of hydrogen-bond donors (Lipinski definition) is 2. The Balaban J connectivity index is 1.47. The van der Waals surface area contributed by atoms with Crippen molar-refractivity contribution >= 4 is 5.96 Å². The van der Waals surface area contributed by atoms with Crippen LogP contribution in [0.5, 0.6) is 0 Å². The lowest BCUT2D eigenvalue weighted by Gasteiger charge is -2.35. The number of hydrogen-bond acceptors (Lipinski definition) is 4. The van der Waals surface area contributed by atoms with Gasteiger partial charge in [-0.2, -0.15) is 0 Å². The molecule has 1 aromatic carbocycles. The number of benzene rings is 1. The zero-order valence-electron chi connectivity index (χ0n) is 18.5. The molecule has 0 bridgehead atoms. The first-order valence-corrected chi connectivity index (χ1v) is 11.2. The van der Waals surface area contributed by atoms with Gasteiger partial charge in [-0.3, -0.25) is 14.8 Å². The number of piperidine rings is 1. The summed E-state index contributed by atoms with van der Waals surface area (Å²) >= 11 is 0. The number of nitrogens with zero attached hydrogens (tertiary/aromatic N) is 3. The Bertz CT molecular complexity index is 644. The highest BCUT2D eigenvalue weighted by molar-refractivity contribution is 5.79. The molecule has 2 fully saturated rings. The normalized spacial score (nSPS) is 23.0. The van der Waals surface area contributed by atoms with Crippen LogP contribution in [0.1, 0.15) is 37.8 Å². The third kappa shape index (κ3) is 6.98. The summed E-state index contributed by atoms with van der Waals surface area (Å²) < 4.78 is 5.48. The number of likely N-dealkylation sites (tertiary alicyclic amines) is 1. The highest BCUT2D eigenvalue weighted by Crippen LogP contribution is 2.17. The first-order valence-electron chi connectivity index (χ1n) is 11.2. The Kier molecular flexibility index (Phi) is 8.77. The predicted octanol–water partition coefficient (Wildman–Crippen LogP) is 2.30. The molecule has 0 spiro atoms. The third-order valence-corrected chi connectivity index (χ3v) is 6.16. The molecule has 2 heterocycles. The van der Waals surface area contributed by atoms with Gasteiger partial charge < -0.3 is 15.4 Å². The van der Waals surface area contributed by atoms with E-state index < -0.39 is 0 Å². The lowest BCUT2D eigenvalue weighted by Crippen LogP contribution is -2.48. The maximum absolute atomic E-state index is 5.48. The number of morpholine rings is 1. The maximum Gasteiger partial charge on any atom is 0.191 e. The molecule has 6 heteroatoms. The van der Waals surface area contributed by atoms with Gasteiger partial charge in [0.15, 0.2) is 5.96 Å². The summed E-state index contributed by atoms with van der Waals surface area (Å²) in [5, 5.41) is 7.03. The fourth-order valence-electron chi connectivity index (χ4n) is 4.28. The highest BCUT2D eigenvalue weighted by Gasteiger charge is 2.21. The molecule has 2 unspecified atom stereocenters. The Morgan fingerprint density at radius 1 is 1.17 bits per heavy atom. The highest BCUT2D eigenvalue weighted by atomic mass is 16.5. The van der Waals surface area contributed by atoms with E-state index in [0.717, 1.165) is 57.8 Å². The van der Waals surface area contributed by atoms with Gasteiger partial charge in [-0.1, -0.05) is 31.2 Å². The van der Waals surface area contributed by atoms with Gasteiger partial charge in [-0.15, -0.1) is 0 Å². The average molecular weight is 402 g/mol. The molecule has 2 saturated heterocycles. The van der Waals surface area contributed by atoms with Gasteiger partial charge >= 0.3 is 0 Å². The second-order valence-electron chi connectivity index (χ2n) is 8.56. The van der Waals surface area contributed by atoms with Crippen LogP contribution in [0.3, 0.4) is 0 Å². The van der Waals surface area contributed by atoms with Crippen molar-refractivity contribution in [3.05, 3.63) is 35.4 Å². The third-order valence-electron chi connectivity index (χ3n) is 6.16. The molecule has 2 aliphatic rings. The van der Waals surface area contributed by atoms with Crippen molar-refractivity contribution < 1.29 is 4.74 Å². The molecule has 1 aromatic rings. The van der Waals surface area contributed by atoms with Crippen molar-refractivity contribution in [2.75, 3.05) is 53.0 Å². The number of rotatable bonds is 7. The standard InChI is InChI=1S/C23H39N5O/c1-19-7-6-10-28(17-19)20(2)15-25-23(24-3)26-16-21-8-4-5-9-22(21)18-27-11-13-29-14-12-27/h4-5,8-9,19-20H,6-7,10-18H2,1-3H3,(H2,24,25,26). The summed E-state index contributed by atoms with van der Waals surface area (Å²) in [4.78, 5) is 9.50. The van der Waals surface area contributed by atoms with Crippen LogP contribution in [0.25, 0.3) is 0 Å². The molecule has 6 nitrogen and oxygen atoms in total. The van der Waals surface area contributed by atoms with E-state index in [1.165, 1.54) is 37.1 Å². The first-order chi connectivity index (χ1) is 14.2. The molecule has 29 heavy (non-hydrogen) atoms. The quantitative estimate of drug-likeness (QED) is 0.542. The first kappa shape index (κ1) is 22.1. The zero-order chi connectivity index (χ0) is 20.5. The smallest absolute Gasteiger partial charge is 0.191 e. The summed E-state index contributed by atoms with van der Waals surface area (Å²) in [6.07, 6.45) is 2.68. The Labute approximate surface area is 176 Å². The molecule has 0 saturated carbocycles. The van der Waals surface area contributed by atoms with Crippen LogP contribution in [-0.4, -0.2) is 74.8 Å². The predicted molar refractivity (Wildman–Crippen MR) is 120 cm³/mol. The Hall–Kier alpha value is -1.63. The van der Waals surface area contributed by atoms with E-state index in [1.54, 1.807) is 0 Å². The molecule has 0 aliphatic carbocycles. The molecule has 2 N–H and O–H groups in total. The van der Waals surface area contributed by atoms with E-state index >= 15 is 0 Å². The van der Waals surface area contributed by atoms with Crippen LogP contribution in [0.4, 0.5) is 0 Å². The zero-order valence-corrected chi connectivity index (χ0v) is 18.5. The summed E-state index contributed by atoms with van der Waals surface area (Å²) in [6.45, 7) is 13.5. The summed E-state index contributed by atoms with van der Waals surface area (Å²) in [5.74, 6) is 1.69. The second-order valence-corrected chi connectivity index (χ2v) is 8.56. The van der Waals surface area contributed by atoms with Crippen LogP contribution in [0, 0.1) is 5.92 Å². The molecular weight excluding hydrogens is 362 g/mol. The number of guanidine groups is 1. The number of aliphatic imine (C=N–C) groups is 1. The minimum atomic E-state index is 0.518. The Morgan fingerprint density at radius 2 is 1.93 bits per heavy atom. The number of ether oxygens (including phenoxy) is 1. The molecule has 0 aromatic heterocycles. The van der Waals surface area contributed by atoms with Crippen LogP contribution in [0.15, 0.2) is 29.3 Å². The fraction of sp³-hybridized carbons (Fsp3) is 0.696. The van der Waals surface area contributed by atoms with Gasteiger partial charge in [0.05, 0.1) is 13.2 Å². The lowest BCUT2D eigenvalue weighted by molar-refractivity contribution is 0.0341. The van der Waals surface area contributed by atoms with Gasteiger partial charge in [-0.05, 0) is 43.4 Å². The molecule has 2 aliphatic heterocycles. The topological polar surface area (TPSA) is 52.1 Å². The average Bonchev–Trinajstić information content (AvgIpc) is 2.75. The van der Waals surface area contributed by atoms with Gasteiger partial charge in [-0.25, -0.2) is 0 Å². The van der Waals surface area contributed by atoms with E-state index in [4.69, 9.17) is 4.74 Å². The van der Waals surface area contributed by atoms with Crippen molar-refractivity contribution in [2.24, 2.45) is 10.9 Å². The van der Waals surface area contributed by atoms with Crippen LogP contribution in [0.2, 0.25) is 0 Å². The van der Waals surface area contributed by atoms with Gasteiger partial charge in [0.2, 0.25) is 0 Å². The summed E-state index contributed by atoms with van der Waals surface area (Å²) in [6, 6.07) is 9.23. The van der Waals surface area contributed by atoms with E-state index in [-0.39, 0.29) is 0 Å². The van der Waals surface area contributed by atoms with Crippen molar-refractivity contribution in [3.8, 4) is 0 Å². The molecule has 162 valence electrons.